The minimum Gasteiger partial charge on any atom is -0.335 e. The summed E-state index contributed by atoms with van der Waals surface area (Å²) in [6, 6.07) is 6.50. The predicted molar refractivity (Wildman–Crippen MR) is 54.2 cm³/mol. The maximum absolute atomic E-state index is 11.9. The molecule has 0 N–H and O–H groups in total. The molecule has 0 spiro atoms. The van der Waals surface area contributed by atoms with Crippen molar-refractivity contribution in [1.29, 1.82) is 0 Å². The first-order valence-electron chi connectivity index (χ1n) is 5.18. The molecule has 0 bridgehead atoms. The topological polar surface area (TPSA) is 20.3 Å². The summed E-state index contributed by atoms with van der Waals surface area (Å²) in [4.78, 5) is 13.8. The van der Waals surface area contributed by atoms with Gasteiger partial charge in [0, 0.05) is 12.6 Å². The molecule has 0 saturated heterocycles. The highest BCUT2D eigenvalue weighted by molar-refractivity contribution is 5.99. The van der Waals surface area contributed by atoms with E-state index in [-0.39, 0.29) is 5.91 Å². The molecule has 1 atom stereocenters. The molecule has 0 aromatic heterocycles. The highest BCUT2D eigenvalue weighted by Crippen LogP contribution is 2.41. The predicted octanol–water partition coefficient (Wildman–Crippen LogP) is 2.15. The average Bonchev–Trinajstić information content (AvgIpc) is 2.47. The van der Waals surface area contributed by atoms with Gasteiger partial charge in [-0.1, -0.05) is 12.1 Å². The second kappa shape index (κ2) is 2.59. The summed E-state index contributed by atoms with van der Waals surface area (Å²) in [5, 5.41) is 0. The Labute approximate surface area is 83.5 Å². The van der Waals surface area contributed by atoms with E-state index in [2.05, 4.69) is 6.07 Å². The van der Waals surface area contributed by atoms with Crippen LogP contribution in [0.15, 0.2) is 18.2 Å². The van der Waals surface area contributed by atoms with Gasteiger partial charge < -0.3 is 4.90 Å². The first kappa shape index (κ1) is 8.04. The molecule has 2 nitrogen and oxygen atoms in total. The largest absolute Gasteiger partial charge is 0.335 e. The van der Waals surface area contributed by atoms with E-state index in [1.807, 2.05) is 24.1 Å². The van der Waals surface area contributed by atoms with Crippen molar-refractivity contribution in [1.82, 2.24) is 4.90 Å². The average molecular weight is 187 g/mol. The number of hydrogen-bond donors (Lipinski definition) is 0. The van der Waals surface area contributed by atoms with Gasteiger partial charge in [0.15, 0.2) is 0 Å². The molecule has 1 aromatic carbocycles. The van der Waals surface area contributed by atoms with Gasteiger partial charge in [-0.2, -0.15) is 0 Å². The second-order valence-electron chi connectivity index (χ2n) is 4.20. The fraction of sp³-hybridized carbons (Fsp3) is 0.417. The summed E-state index contributed by atoms with van der Waals surface area (Å²) in [6.07, 6.45) is 3.48. The van der Waals surface area contributed by atoms with Gasteiger partial charge in [-0.05, 0) is 36.5 Å². The summed E-state index contributed by atoms with van der Waals surface area (Å²) in [5.41, 5.74) is 3.64. The first-order chi connectivity index (χ1) is 6.79. The van der Waals surface area contributed by atoms with Crippen molar-refractivity contribution in [3.8, 4) is 0 Å². The lowest BCUT2D eigenvalue weighted by Crippen LogP contribution is -2.24. The molecule has 1 unspecified atom stereocenters. The number of rotatable bonds is 0. The van der Waals surface area contributed by atoms with Gasteiger partial charge in [0.25, 0.3) is 5.91 Å². The zero-order valence-corrected chi connectivity index (χ0v) is 8.29. The van der Waals surface area contributed by atoms with Crippen LogP contribution in [0.5, 0.6) is 0 Å². The van der Waals surface area contributed by atoms with Crippen LogP contribution in [-0.4, -0.2) is 17.9 Å². The van der Waals surface area contributed by atoms with Gasteiger partial charge in [0.1, 0.15) is 0 Å². The van der Waals surface area contributed by atoms with Gasteiger partial charge in [-0.3, -0.25) is 4.79 Å². The number of nitrogens with zero attached hydrogens (tertiary/aromatic N) is 1. The highest BCUT2D eigenvalue weighted by Gasteiger charge is 2.37. The third kappa shape index (κ3) is 0.834. The van der Waals surface area contributed by atoms with Gasteiger partial charge in [-0.25, -0.2) is 0 Å². The number of carbonyl (C=O) groups is 1. The molecule has 2 heteroatoms. The Bertz CT molecular complexity index is 411. The van der Waals surface area contributed by atoms with Crippen LogP contribution >= 0.6 is 0 Å². The summed E-state index contributed by atoms with van der Waals surface area (Å²) in [7, 11) is 1.92. The Hall–Kier alpha value is -1.31. The molecule has 3 rings (SSSR count). The molecule has 0 saturated carbocycles. The molecule has 1 aromatic rings. The molecule has 0 fully saturated rings. The van der Waals surface area contributed by atoms with Crippen LogP contribution in [0, 0.1) is 0 Å². The van der Waals surface area contributed by atoms with Crippen LogP contribution in [0.2, 0.25) is 0 Å². The monoisotopic (exact) mass is 187 g/mol. The van der Waals surface area contributed by atoms with Crippen molar-refractivity contribution in [3.05, 3.63) is 34.9 Å². The summed E-state index contributed by atoms with van der Waals surface area (Å²) < 4.78 is 0. The smallest absolute Gasteiger partial charge is 0.254 e. The van der Waals surface area contributed by atoms with Crippen molar-refractivity contribution in [2.75, 3.05) is 7.05 Å². The Morgan fingerprint density at radius 3 is 3.14 bits per heavy atom. The SMILES string of the molecule is CN1C(=O)c2cccc3c2C1CCC3. The standard InChI is InChI=1S/C12H13NO/c1-13-10-7-3-5-8-4-2-6-9(11(8)10)12(13)14/h2,4,6,10H,3,5,7H2,1H3. The molecular weight excluding hydrogens is 174 g/mol. The lowest BCUT2D eigenvalue weighted by Gasteiger charge is -2.25. The molecule has 72 valence electrons. The fourth-order valence-electron chi connectivity index (χ4n) is 2.76. The zero-order valence-electron chi connectivity index (χ0n) is 8.29. The molecule has 1 aliphatic carbocycles. The van der Waals surface area contributed by atoms with E-state index in [1.54, 1.807) is 0 Å². The number of amides is 1. The molecule has 1 amide bonds. The van der Waals surface area contributed by atoms with E-state index in [0.717, 1.165) is 18.4 Å². The van der Waals surface area contributed by atoms with E-state index in [0.29, 0.717) is 6.04 Å². The van der Waals surface area contributed by atoms with E-state index >= 15 is 0 Å². The quantitative estimate of drug-likeness (QED) is 0.609. The van der Waals surface area contributed by atoms with Crippen molar-refractivity contribution in [2.45, 2.75) is 25.3 Å². The molecular formula is C12H13NO. The van der Waals surface area contributed by atoms with E-state index in [9.17, 15) is 4.79 Å². The van der Waals surface area contributed by atoms with Crippen LogP contribution in [0.1, 0.15) is 40.4 Å². The number of carbonyl (C=O) groups excluding carboxylic acids is 1. The van der Waals surface area contributed by atoms with Crippen molar-refractivity contribution < 1.29 is 4.79 Å². The molecule has 2 aliphatic rings. The van der Waals surface area contributed by atoms with E-state index in [1.165, 1.54) is 17.5 Å². The number of aryl methyl sites for hydroxylation is 1. The van der Waals surface area contributed by atoms with E-state index < -0.39 is 0 Å². The van der Waals surface area contributed by atoms with Gasteiger partial charge in [0.05, 0.1) is 6.04 Å². The second-order valence-corrected chi connectivity index (χ2v) is 4.20. The minimum absolute atomic E-state index is 0.203. The lowest BCUT2D eigenvalue weighted by molar-refractivity contribution is 0.0764. The Morgan fingerprint density at radius 2 is 2.29 bits per heavy atom. The summed E-state index contributed by atoms with van der Waals surface area (Å²) >= 11 is 0. The van der Waals surface area contributed by atoms with Gasteiger partial charge in [0.2, 0.25) is 0 Å². The third-order valence-electron chi connectivity index (χ3n) is 3.47. The minimum atomic E-state index is 0.203. The number of hydrogen-bond acceptors (Lipinski definition) is 1. The maximum atomic E-state index is 11.9. The van der Waals surface area contributed by atoms with Crippen molar-refractivity contribution >= 4 is 5.91 Å². The Balaban J connectivity index is 2.27. The zero-order chi connectivity index (χ0) is 9.71. The van der Waals surface area contributed by atoms with Crippen LogP contribution in [0.3, 0.4) is 0 Å². The molecule has 1 aliphatic heterocycles. The summed E-state index contributed by atoms with van der Waals surface area (Å²) in [6.45, 7) is 0. The van der Waals surface area contributed by atoms with E-state index in [4.69, 9.17) is 0 Å². The normalized spacial score (nSPS) is 23.9. The third-order valence-corrected chi connectivity index (χ3v) is 3.47. The van der Waals surface area contributed by atoms with Crippen LogP contribution in [0.25, 0.3) is 0 Å². The Morgan fingerprint density at radius 1 is 1.43 bits per heavy atom. The van der Waals surface area contributed by atoms with Crippen LogP contribution in [0.4, 0.5) is 0 Å². The molecule has 1 heterocycles. The summed E-state index contributed by atoms with van der Waals surface area (Å²) in [5.74, 6) is 0.203. The molecule has 14 heavy (non-hydrogen) atoms. The van der Waals surface area contributed by atoms with Crippen molar-refractivity contribution in [2.24, 2.45) is 0 Å². The van der Waals surface area contributed by atoms with Crippen LogP contribution in [-0.2, 0) is 6.42 Å². The van der Waals surface area contributed by atoms with Crippen LogP contribution < -0.4 is 0 Å². The van der Waals surface area contributed by atoms with Gasteiger partial charge in [-0.15, -0.1) is 0 Å². The van der Waals surface area contributed by atoms with Gasteiger partial charge >= 0.3 is 0 Å². The van der Waals surface area contributed by atoms with Crippen molar-refractivity contribution in [3.63, 3.8) is 0 Å². The fourth-order valence-corrected chi connectivity index (χ4v) is 2.76. The number of benzene rings is 1. The molecule has 0 radical (unpaired) electrons. The Kier molecular flexibility index (Phi) is 1.49. The maximum Gasteiger partial charge on any atom is 0.254 e. The highest BCUT2D eigenvalue weighted by atomic mass is 16.2. The first-order valence-corrected chi connectivity index (χ1v) is 5.18. The lowest BCUT2D eigenvalue weighted by atomic mass is 9.87.